The minimum Gasteiger partial charge on any atom is -0.272 e. The quantitative estimate of drug-likeness (QED) is 0.539. The van der Waals surface area contributed by atoms with Gasteiger partial charge in [0.25, 0.3) is 11.7 Å². The molecule has 25 heavy (non-hydrogen) atoms. The molecule has 3 rings (SSSR count). The summed E-state index contributed by atoms with van der Waals surface area (Å²) >= 11 is 1.25. The lowest BCUT2D eigenvalue weighted by atomic mass is 10.2. The standard InChI is InChI=1S/C17H19N5O2S/c1-11-12(2)18-16-19-17(20-22(16)13(11)3)25-10-15(23)21-24-9-14-7-5-4-6-8-14/h4-8H,9-10H2,1-3H3,(H,21,23). The van der Waals surface area contributed by atoms with E-state index in [0.717, 1.165) is 22.5 Å². The van der Waals surface area contributed by atoms with Crippen LogP contribution >= 0.6 is 11.8 Å². The molecule has 0 radical (unpaired) electrons. The molecule has 0 bridgehead atoms. The topological polar surface area (TPSA) is 81.4 Å². The van der Waals surface area contributed by atoms with Crippen LogP contribution in [0.4, 0.5) is 0 Å². The predicted molar refractivity (Wildman–Crippen MR) is 95.1 cm³/mol. The Morgan fingerprint density at radius 1 is 1.20 bits per heavy atom. The molecule has 0 saturated heterocycles. The molecule has 0 aliphatic rings. The molecule has 1 amide bonds. The van der Waals surface area contributed by atoms with Crippen LogP contribution in [0.3, 0.4) is 0 Å². The molecule has 3 aromatic rings. The van der Waals surface area contributed by atoms with E-state index in [-0.39, 0.29) is 11.7 Å². The number of hydrogen-bond donors (Lipinski definition) is 1. The van der Waals surface area contributed by atoms with Crippen LogP contribution in [0.1, 0.15) is 22.5 Å². The van der Waals surface area contributed by atoms with Crippen LogP contribution in [0.2, 0.25) is 0 Å². The van der Waals surface area contributed by atoms with Gasteiger partial charge in [0.2, 0.25) is 5.16 Å². The fraction of sp³-hybridized carbons (Fsp3) is 0.294. The zero-order valence-corrected chi connectivity index (χ0v) is 15.1. The number of fused-ring (bicyclic) bond motifs is 1. The minimum absolute atomic E-state index is 0.169. The van der Waals surface area contributed by atoms with Crippen LogP contribution in [-0.2, 0) is 16.2 Å². The Bertz CT molecular complexity index is 895. The molecule has 8 heteroatoms. The second kappa shape index (κ2) is 7.62. The third kappa shape index (κ3) is 4.15. The first-order valence-electron chi connectivity index (χ1n) is 7.82. The number of hydroxylamine groups is 1. The fourth-order valence-electron chi connectivity index (χ4n) is 2.23. The molecule has 7 nitrogen and oxygen atoms in total. The number of thioether (sulfide) groups is 1. The zero-order chi connectivity index (χ0) is 17.8. The molecule has 0 atom stereocenters. The number of benzene rings is 1. The monoisotopic (exact) mass is 357 g/mol. The summed E-state index contributed by atoms with van der Waals surface area (Å²) in [5.74, 6) is 0.476. The van der Waals surface area contributed by atoms with Gasteiger partial charge in [-0.2, -0.15) is 4.98 Å². The van der Waals surface area contributed by atoms with Crippen LogP contribution in [-0.4, -0.2) is 31.2 Å². The third-order valence-electron chi connectivity index (χ3n) is 3.84. The van der Waals surface area contributed by atoms with E-state index >= 15 is 0 Å². The highest BCUT2D eigenvalue weighted by Crippen LogP contribution is 2.17. The van der Waals surface area contributed by atoms with Gasteiger partial charge >= 0.3 is 0 Å². The number of hydrogen-bond acceptors (Lipinski definition) is 6. The Labute approximate surface area is 149 Å². The van der Waals surface area contributed by atoms with Crippen molar-refractivity contribution in [2.45, 2.75) is 32.5 Å². The van der Waals surface area contributed by atoms with Gasteiger partial charge in [-0.3, -0.25) is 9.63 Å². The van der Waals surface area contributed by atoms with E-state index in [2.05, 4.69) is 20.5 Å². The summed E-state index contributed by atoms with van der Waals surface area (Å²) in [6.45, 7) is 6.25. The van der Waals surface area contributed by atoms with E-state index in [1.165, 1.54) is 11.8 Å². The number of amides is 1. The van der Waals surface area contributed by atoms with Crippen LogP contribution in [0, 0.1) is 20.8 Å². The van der Waals surface area contributed by atoms with Crippen molar-refractivity contribution in [3.05, 3.63) is 52.8 Å². The summed E-state index contributed by atoms with van der Waals surface area (Å²) in [4.78, 5) is 25.8. The van der Waals surface area contributed by atoms with Gasteiger partial charge in [-0.05, 0) is 31.9 Å². The Balaban J connectivity index is 1.53. The lowest BCUT2D eigenvalue weighted by molar-refractivity contribution is -0.131. The van der Waals surface area contributed by atoms with E-state index in [1.54, 1.807) is 4.52 Å². The highest BCUT2D eigenvalue weighted by molar-refractivity contribution is 7.99. The van der Waals surface area contributed by atoms with E-state index in [1.807, 2.05) is 51.1 Å². The predicted octanol–water partition coefficient (Wildman–Crippen LogP) is 2.39. The number of aromatic nitrogens is 4. The van der Waals surface area contributed by atoms with Crippen molar-refractivity contribution in [2.75, 3.05) is 5.75 Å². The number of carbonyl (C=O) groups is 1. The summed E-state index contributed by atoms with van der Waals surface area (Å²) in [5.41, 5.74) is 6.43. The van der Waals surface area contributed by atoms with Crippen LogP contribution in [0.15, 0.2) is 35.5 Å². The van der Waals surface area contributed by atoms with Crippen molar-refractivity contribution in [2.24, 2.45) is 0 Å². The number of nitrogens with one attached hydrogen (secondary N) is 1. The Kier molecular flexibility index (Phi) is 5.30. The molecule has 130 valence electrons. The minimum atomic E-state index is -0.239. The molecule has 0 unspecified atom stereocenters. The highest BCUT2D eigenvalue weighted by atomic mass is 32.2. The maximum Gasteiger partial charge on any atom is 0.254 e. The van der Waals surface area contributed by atoms with Gasteiger partial charge in [0.1, 0.15) is 0 Å². The first kappa shape index (κ1) is 17.4. The van der Waals surface area contributed by atoms with Gasteiger partial charge in [0.05, 0.1) is 12.4 Å². The maximum absolute atomic E-state index is 11.9. The van der Waals surface area contributed by atoms with E-state index in [9.17, 15) is 4.79 Å². The molecule has 1 N–H and O–H groups in total. The van der Waals surface area contributed by atoms with Gasteiger partial charge in [-0.15, -0.1) is 5.10 Å². The van der Waals surface area contributed by atoms with E-state index < -0.39 is 0 Å². The van der Waals surface area contributed by atoms with Crippen molar-refractivity contribution < 1.29 is 9.63 Å². The number of aryl methyl sites for hydroxylation is 2. The summed E-state index contributed by atoms with van der Waals surface area (Å²) in [6, 6.07) is 9.64. The van der Waals surface area contributed by atoms with Crippen molar-refractivity contribution in [3.8, 4) is 0 Å². The van der Waals surface area contributed by atoms with Gasteiger partial charge in [-0.1, -0.05) is 42.1 Å². The Morgan fingerprint density at radius 2 is 1.96 bits per heavy atom. The summed E-state index contributed by atoms with van der Waals surface area (Å²) < 4.78 is 1.70. The van der Waals surface area contributed by atoms with E-state index in [4.69, 9.17) is 4.84 Å². The summed E-state index contributed by atoms with van der Waals surface area (Å²) in [6.07, 6.45) is 0. The Hall–Kier alpha value is -2.45. The summed E-state index contributed by atoms with van der Waals surface area (Å²) in [5, 5.41) is 4.91. The van der Waals surface area contributed by atoms with Crippen molar-refractivity contribution in [3.63, 3.8) is 0 Å². The number of nitrogens with zero attached hydrogens (tertiary/aromatic N) is 4. The lowest BCUT2D eigenvalue weighted by Crippen LogP contribution is -2.25. The van der Waals surface area contributed by atoms with Crippen LogP contribution < -0.4 is 5.48 Å². The van der Waals surface area contributed by atoms with Crippen molar-refractivity contribution in [1.29, 1.82) is 0 Å². The molecular weight excluding hydrogens is 338 g/mol. The molecule has 1 aromatic carbocycles. The normalized spacial score (nSPS) is 11.0. The number of rotatable bonds is 6. The molecule has 2 heterocycles. The average molecular weight is 357 g/mol. The second-order valence-corrected chi connectivity index (χ2v) is 6.54. The second-order valence-electron chi connectivity index (χ2n) is 5.60. The molecule has 0 aliphatic heterocycles. The highest BCUT2D eigenvalue weighted by Gasteiger charge is 2.12. The molecule has 0 aliphatic carbocycles. The summed E-state index contributed by atoms with van der Waals surface area (Å²) in [7, 11) is 0. The molecule has 0 fully saturated rings. The van der Waals surface area contributed by atoms with Gasteiger partial charge in [0, 0.05) is 11.4 Å². The average Bonchev–Trinajstić information content (AvgIpc) is 3.02. The number of carbonyl (C=O) groups excluding carboxylic acids is 1. The lowest BCUT2D eigenvalue weighted by Gasteiger charge is -2.05. The first-order chi connectivity index (χ1) is 12.0. The SMILES string of the molecule is Cc1nc2nc(SCC(=O)NOCc3ccccc3)nn2c(C)c1C. The van der Waals surface area contributed by atoms with Gasteiger partial charge in [0.15, 0.2) is 0 Å². The van der Waals surface area contributed by atoms with Crippen molar-refractivity contribution >= 4 is 23.4 Å². The zero-order valence-electron chi connectivity index (χ0n) is 14.3. The Morgan fingerprint density at radius 3 is 2.72 bits per heavy atom. The van der Waals surface area contributed by atoms with E-state index in [0.29, 0.717) is 17.5 Å². The first-order valence-corrected chi connectivity index (χ1v) is 8.81. The van der Waals surface area contributed by atoms with Crippen LogP contribution in [0.5, 0.6) is 0 Å². The fourth-order valence-corrected chi connectivity index (χ4v) is 2.84. The largest absolute Gasteiger partial charge is 0.272 e. The molecule has 0 saturated carbocycles. The van der Waals surface area contributed by atoms with Gasteiger partial charge in [-0.25, -0.2) is 15.0 Å². The smallest absolute Gasteiger partial charge is 0.254 e. The molecule has 0 spiro atoms. The van der Waals surface area contributed by atoms with Crippen LogP contribution in [0.25, 0.3) is 5.78 Å². The third-order valence-corrected chi connectivity index (χ3v) is 4.68. The van der Waals surface area contributed by atoms with Crippen molar-refractivity contribution in [1.82, 2.24) is 25.1 Å². The maximum atomic E-state index is 11.9. The molecular formula is C17H19N5O2S. The molecule has 2 aromatic heterocycles. The van der Waals surface area contributed by atoms with Gasteiger partial charge < -0.3 is 0 Å².